The molecule has 5 nitrogen and oxygen atoms in total. The van der Waals surface area contributed by atoms with Gasteiger partial charge in [0.2, 0.25) is 0 Å². The van der Waals surface area contributed by atoms with Crippen molar-refractivity contribution in [3.8, 4) is 11.3 Å². The molecule has 2 N–H and O–H groups in total. The van der Waals surface area contributed by atoms with Gasteiger partial charge < -0.3 is 14.8 Å². The lowest BCUT2D eigenvalue weighted by Gasteiger charge is -2.23. The molecule has 1 aliphatic heterocycles. The van der Waals surface area contributed by atoms with Crippen LogP contribution in [0.1, 0.15) is 59.5 Å². The Morgan fingerprint density at radius 1 is 0.933 bits per heavy atom. The van der Waals surface area contributed by atoms with Gasteiger partial charge in [-0.05, 0) is 42.0 Å². The Labute approximate surface area is 174 Å². The van der Waals surface area contributed by atoms with Crippen LogP contribution in [0.2, 0.25) is 0 Å². The average Bonchev–Trinajstić information content (AvgIpc) is 2.96. The zero-order valence-corrected chi connectivity index (χ0v) is 16.6. The molecule has 1 aliphatic carbocycles. The van der Waals surface area contributed by atoms with E-state index >= 15 is 0 Å². The summed E-state index contributed by atoms with van der Waals surface area (Å²) in [6.07, 6.45) is 7.85. The molecule has 0 atom stereocenters. The molecule has 0 saturated heterocycles. The van der Waals surface area contributed by atoms with E-state index in [2.05, 4.69) is 6.07 Å². The summed E-state index contributed by atoms with van der Waals surface area (Å²) < 4.78 is 1.93. The molecule has 2 aromatic carbocycles. The first-order valence-electron chi connectivity index (χ1n) is 10.5. The van der Waals surface area contributed by atoms with Crippen LogP contribution in [0.15, 0.2) is 48.0 Å². The lowest BCUT2D eigenvalue weighted by atomic mass is 9.81. The molecule has 0 amide bonds. The van der Waals surface area contributed by atoms with Crippen molar-refractivity contribution in [3.05, 3.63) is 64.7 Å². The van der Waals surface area contributed by atoms with Crippen molar-refractivity contribution >= 4 is 29.0 Å². The van der Waals surface area contributed by atoms with Gasteiger partial charge in [-0.2, -0.15) is 0 Å². The Balaban J connectivity index is 1.90. The first-order valence-corrected chi connectivity index (χ1v) is 10.5. The quantitative estimate of drug-likeness (QED) is 0.604. The van der Waals surface area contributed by atoms with Gasteiger partial charge >= 0.3 is 11.9 Å². The average molecular weight is 401 g/mol. The van der Waals surface area contributed by atoms with Crippen LogP contribution in [0.5, 0.6) is 0 Å². The largest absolute Gasteiger partial charge is 0.478 e. The number of hydrogen-bond acceptors (Lipinski definition) is 2. The molecule has 30 heavy (non-hydrogen) atoms. The van der Waals surface area contributed by atoms with Crippen molar-refractivity contribution in [1.29, 1.82) is 0 Å². The van der Waals surface area contributed by atoms with Crippen molar-refractivity contribution in [1.82, 2.24) is 4.57 Å². The van der Waals surface area contributed by atoms with Crippen molar-refractivity contribution < 1.29 is 19.8 Å². The predicted octanol–water partition coefficient (Wildman–Crippen LogP) is 5.54. The summed E-state index contributed by atoms with van der Waals surface area (Å²) in [5.74, 6) is -1.54. The standard InChI is InChI=1S/C25H23NO4/c27-24(28)17-10-11-20-21(13-17)26-14-18(25(29)30)12-16-8-4-5-9-19(16)23(26)22(20)15-6-2-1-3-7-15/h4-5,8-11,13-15H,1-3,6-7,12H2,(H,27,28)(H,29,30). The van der Waals surface area contributed by atoms with Crippen molar-refractivity contribution in [2.24, 2.45) is 0 Å². The highest BCUT2D eigenvalue weighted by atomic mass is 16.4. The van der Waals surface area contributed by atoms with Crippen molar-refractivity contribution in [2.75, 3.05) is 0 Å². The highest BCUT2D eigenvalue weighted by Gasteiger charge is 2.29. The molecule has 0 unspecified atom stereocenters. The topological polar surface area (TPSA) is 79.5 Å². The zero-order valence-electron chi connectivity index (χ0n) is 16.6. The first-order chi connectivity index (χ1) is 14.5. The summed E-state index contributed by atoms with van der Waals surface area (Å²) in [6.45, 7) is 0. The van der Waals surface area contributed by atoms with Gasteiger partial charge in [-0.3, -0.25) is 0 Å². The third-order valence-corrected chi connectivity index (χ3v) is 6.52. The molecule has 0 spiro atoms. The Bertz CT molecular complexity index is 1210. The highest BCUT2D eigenvalue weighted by molar-refractivity contribution is 6.02. The maximum Gasteiger partial charge on any atom is 0.335 e. The second-order valence-corrected chi connectivity index (χ2v) is 8.30. The summed E-state index contributed by atoms with van der Waals surface area (Å²) in [6, 6.07) is 13.2. The van der Waals surface area contributed by atoms with Crippen LogP contribution in [0, 0.1) is 0 Å². The molecular weight excluding hydrogens is 378 g/mol. The van der Waals surface area contributed by atoms with E-state index in [0.29, 0.717) is 17.9 Å². The minimum atomic E-state index is -0.983. The Kier molecular flexibility index (Phi) is 4.46. The fourth-order valence-corrected chi connectivity index (χ4v) is 5.13. The van der Waals surface area contributed by atoms with E-state index in [-0.39, 0.29) is 5.56 Å². The minimum absolute atomic E-state index is 0.209. The number of nitrogens with zero attached hydrogens (tertiary/aromatic N) is 1. The predicted molar refractivity (Wildman–Crippen MR) is 116 cm³/mol. The monoisotopic (exact) mass is 401 g/mol. The molecule has 1 saturated carbocycles. The number of carboxylic acids is 2. The molecule has 1 aromatic heterocycles. The van der Waals surface area contributed by atoms with Crippen molar-refractivity contribution in [3.63, 3.8) is 0 Å². The smallest absolute Gasteiger partial charge is 0.335 e. The molecule has 0 bridgehead atoms. The number of aromatic carboxylic acids is 1. The number of carbonyl (C=O) groups is 2. The van der Waals surface area contributed by atoms with Gasteiger partial charge in [-0.25, -0.2) is 9.59 Å². The van der Waals surface area contributed by atoms with Gasteiger partial charge in [0.15, 0.2) is 0 Å². The molecule has 1 fully saturated rings. The van der Waals surface area contributed by atoms with E-state index in [1.807, 2.05) is 28.8 Å². The molecule has 2 aliphatic rings. The second-order valence-electron chi connectivity index (χ2n) is 8.30. The zero-order chi connectivity index (χ0) is 20.8. The SMILES string of the molecule is O=C(O)C1=Cn2c(c(C3CCCCC3)c3ccc(C(=O)O)cc32)-c2ccccc2C1. The van der Waals surface area contributed by atoms with Gasteiger partial charge in [0, 0.05) is 23.6 Å². The fraction of sp³-hybridized carbons (Fsp3) is 0.280. The lowest BCUT2D eigenvalue weighted by Crippen LogP contribution is -2.06. The normalized spacial score (nSPS) is 16.5. The van der Waals surface area contributed by atoms with E-state index < -0.39 is 11.9 Å². The van der Waals surface area contributed by atoms with Crippen LogP contribution in [-0.2, 0) is 11.2 Å². The number of aromatic nitrogens is 1. The minimum Gasteiger partial charge on any atom is -0.478 e. The van der Waals surface area contributed by atoms with Crippen LogP contribution in [-0.4, -0.2) is 26.7 Å². The Morgan fingerprint density at radius 2 is 1.70 bits per heavy atom. The highest BCUT2D eigenvalue weighted by Crippen LogP contribution is 2.46. The molecule has 3 aromatic rings. The number of carboxylic acid groups (broad SMARTS) is 2. The van der Waals surface area contributed by atoms with E-state index in [0.717, 1.165) is 40.6 Å². The fourth-order valence-electron chi connectivity index (χ4n) is 5.13. The Morgan fingerprint density at radius 3 is 2.43 bits per heavy atom. The third-order valence-electron chi connectivity index (χ3n) is 6.52. The van der Waals surface area contributed by atoms with Gasteiger partial charge in [0.05, 0.1) is 22.3 Å². The van der Waals surface area contributed by atoms with Gasteiger partial charge in [-0.1, -0.05) is 49.6 Å². The molecule has 5 rings (SSSR count). The van der Waals surface area contributed by atoms with Crippen LogP contribution in [0.25, 0.3) is 28.4 Å². The maximum absolute atomic E-state index is 12.0. The van der Waals surface area contributed by atoms with Gasteiger partial charge in [-0.15, -0.1) is 0 Å². The summed E-state index contributed by atoms with van der Waals surface area (Å²) in [7, 11) is 0. The van der Waals surface area contributed by atoms with E-state index in [4.69, 9.17) is 0 Å². The lowest BCUT2D eigenvalue weighted by molar-refractivity contribution is -0.132. The van der Waals surface area contributed by atoms with E-state index in [9.17, 15) is 19.8 Å². The molecule has 0 radical (unpaired) electrons. The van der Waals surface area contributed by atoms with Gasteiger partial charge in [0.25, 0.3) is 0 Å². The maximum atomic E-state index is 12.0. The van der Waals surface area contributed by atoms with E-state index in [1.165, 1.54) is 24.8 Å². The van der Waals surface area contributed by atoms with Gasteiger partial charge in [0.1, 0.15) is 0 Å². The van der Waals surface area contributed by atoms with Crippen LogP contribution in [0.3, 0.4) is 0 Å². The molecule has 2 heterocycles. The van der Waals surface area contributed by atoms with Crippen LogP contribution >= 0.6 is 0 Å². The molecule has 5 heteroatoms. The Hall–Kier alpha value is -3.34. The number of benzene rings is 2. The van der Waals surface area contributed by atoms with Crippen LogP contribution in [0.4, 0.5) is 0 Å². The van der Waals surface area contributed by atoms with E-state index in [1.54, 1.807) is 18.3 Å². The summed E-state index contributed by atoms with van der Waals surface area (Å²) in [5.41, 5.74) is 5.56. The summed E-state index contributed by atoms with van der Waals surface area (Å²) >= 11 is 0. The van der Waals surface area contributed by atoms with Crippen LogP contribution < -0.4 is 0 Å². The number of fused-ring (bicyclic) bond motifs is 5. The molecule has 152 valence electrons. The summed E-state index contributed by atoms with van der Waals surface area (Å²) in [5, 5.41) is 20.4. The third kappa shape index (κ3) is 2.93. The number of hydrogen-bond donors (Lipinski definition) is 2. The summed E-state index contributed by atoms with van der Waals surface area (Å²) in [4.78, 5) is 23.6. The molecular formula is C25H23NO4. The first kappa shape index (κ1) is 18.7. The second kappa shape index (κ2) is 7.17. The number of aliphatic carboxylic acids is 1. The van der Waals surface area contributed by atoms with Crippen molar-refractivity contribution in [2.45, 2.75) is 44.4 Å². The number of rotatable bonds is 3.